The van der Waals surface area contributed by atoms with E-state index < -0.39 is 41.0 Å². The Morgan fingerprint density at radius 1 is 1.18 bits per heavy atom. The first-order valence-electron chi connectivity index (χ1n) is 8.05. The Hall–Kier alpha value is -3.46. The van der Waals surface area contributed by atoms with E-state index in [-0.39, 0.29) is 10.6 Å². The van der Waals surface area contributed by atoms with E-state index in [1.807, 2.05) is 0 Å². The van der Waals surface area contributed by atoms with Crippen molar-refractivity contribution in [1.29, 1.82) is 0 Å². The number of rotatable bonds is 7. The minimum Gasteiger partial charge on any atom is -0.451 e. The molecule has 2 rings (SSSR count). The van der Waals surface area contributed by atoms with E-state index in [0.29, 0.717) is 5.69 Å². The summed E-state index contributed by atoms with van der Waals surface area (Å²) in [5.41, 5.74) is 0.0786. The molecular formula is C18H16ClN3O6. The Labute approximate surface area is 164 Å². The molecule has 2 N–H and O–H groups in total. The summed E-state index contributed by atoms with van der Waals surface area (Å²) in [5, 5.41) is 15.6. The summed E-state index contributed by atoms with van der Waals surface area (Å²) in [4.78, 5) is 46.0. The monoisotopic (exact) mass is 405 g/mol. The van der Waals surface area contributed by atoms with Crippen LogP contribution in [0.2, 0.25) is 5.02 Å². The molecular weight excluding hydrogens is 390 g/mol. The number of carbonyl (C=O) groups excluding carboxylic acids is 3. The molecule has 0 fully saturated rings. The third kappa shape index (κ3) is 5.78. The fourth-order valence-corrected chi connectivity index (χ4v) is 2.29. The lowest BCUT2D eigenvalue weighted by Crippen LogP contribution is -2.35. The molecule has 2 aromatic rings. The molecule has 28 heavy (non-hydrogen) atoms. The van der Waals surface area contributed by atoms with Gasteiger partial charge in [0.05, 0.1) is 4.92 Å². The Morgan fingerprint density at radius 2 is 1.86 bits per heavy atom. The Kier molecular flexibility index (Phi) is 7.05. The molecule has 0 aliphatic rings. The first kappa shape index (κ1) is 20.8. The van der Waals surface area contributed by atoms with E-state index in [9.17, 15) is 24.5 Å². The number of amides is 2. The number of nitrogens with one attached hydrogen (secondary N) is 2. The van der Waals surface area contributed by atoms with Gasteiger partial charge < -0.3 is 15.4 Å². The number of nitro benzene ring substituents is 1. The average molecular weight is 406 g/mol. The van der Waals surface area contributed by atoms with Crippen LogP contribution in [0.3, 0.4) is 0 Å². The lowest BCUT2D eigenvalue weighted by molar-refractivity contribution is -0.384. The van der Waals surface area contributed by atoms with Gasteiger partial charge in [-0.05, 0) is 31.2 Å². The van der Waals surface area contributed by atoms with Gasteiger partial charge in [0, 0.05) is 17.3 Å². The van der Waals surface area contributed by atoms with Crippen LogP contribution in [0.25, 0.3) is 0 Å². The third-order valence-electron chi connectivity index (χ3n) is 3.52. The SMILES string of the molecule is C[C@H](OC(=O)CNC(=O)c1ccc(Cl)c([N+](=O)[O-])c1)C(=O)Nc1ccccc1. The molecule has 2 amide bonds. The number of para-hydroxylation sites is 1. The number of hydrogen-bond acceptors (Lipinski definition) is 6. The molecule has 0 unspecified atom stereocenters. The Balaban J connectivity index is 1.86. The van der Waals surface area contributed by atoms with Gasteiger partial charge in [0.25, 0.3) is 17.5 Å². The molecule has 146 valence electrons. The summed E-state index contributed by atoms with van der Waals surface area (Å²) in [5.74, 6) is -2.09. The predicted octanol–water partition coefficient (Wildman–Crippen LogP) is 2.55. The predicted molar refractivity (Wildman–Crippen MR) is 101 cm³/mol. The smallest absolute Gasteiger partial charge is 0.326 e. The first-order chi connectivity index (χ1) is 13.3. The molecule has 9 nitrogen and oxygen atoms in total. The summed E-state index contributed by atoms with van der Waals surface area (Å²) in [6, 6.07) is 12.1. The maximum Gasteiger partial charge on any atom is 0.326 e. The number of anilines is 1. The van der Waals surface area contributed by atoms with Gasteiger partial charge in [-0.2, -0.15) is 0 Å². The molecule has 0 radical (unpaired) electrons. The van der Waals surface area contributed by atoms with Crippen molar-refractivity contribution >= 4 is 40.8 Å². The van der Waals surface area contributed by atoms with Gasteiger partial charge in [0.1, 0.15) is 11.6 Å². The lowest BCUT2D eigenvalue weighted by atomic mass is 10.2. The zero-order chi connectivity index (χ0) is 20.7. The van der Waals surface area contributed by atoms with Crippen molar-refractivity contribution in [2.45, 2.75) is 13.0 Å². The number of halogens is 1. The standard InChI is InChI=1S/C18H16ClN3O6/c1-11(17(24)21-13-5-3-2-4-6-13)28-16(23)10-20-18(25)12-7-8-14(19)15(9-12)22(26)27/h2-9,11H,10H2,1H3,(H,20,25)(H,21,24)/t11-/m0/s1. The van der Waals surface area contributed by atoms with Crippen LogP contribution in [0, 0.1) is 10.1 Å². The summed E-state index contributed by atoms with van der Waals surface area (Å²) in [6.07, 6.45) is -1.08. The quantitative estimate of drug-likeness (QED) is 0.414. The Bertz CT molecular complexity index is 903. The number of ether oxygens (including phenoxy) is 1. The summed E-state index contributed by atoms with van der Waals surface area (Å²) in [6.45, 7) is 0.874. The Morgan fingerprint density at radius 3 is 2.50 bits per heavy atom. The van der Waals surface area contributed by atoms with E-state index in [0.717, 1.165) is 6.07 Å². The van der Waals surface area contributed by atoms with Crippen LogP contribution >= 0.6 is 11.6 Å². The molecule has 0 saturated carbocycles. The van der Waals surface area contributed by atoms with Gasteiger partial charge in [0.15, 0.2) is 6.10 Å². The molecule has 0 heterocycles. The fraction of sp³-hybridized carbons (Fsp3) is 0.167. The van der Waals surface area contributed by atoms with Crippen molar-refractivity contribution in [3.63, 3.8) is 0 Å². The van der Waals surface area contributed by atoms with Crippen LogP contribution in [0.1, 0.15) is 17.3 Å². The highest BCUT2D eigenvalue weighted by Gasteiger charge is 2.20. The number of hydrogen-bond donors (Lipinski definition) is 2. The lowest BCUT2D eigenvalue weighted by Gasteiger charge is -2.14. The van der Waals surface area contributed by atoms with Crippen LogP contribution in [0.4, 0.5) is 11.4 Å². The van der Waals surface area contributed by atoms with Gasteiger partial charge in [-0.1, -0.05) is 29.8 Å². The maximum absolute atomic E-state index is 12.0. The molecule has 0 spiro atoms. The average Bonchev–Trinajstić information content (AvgIpc) is 2.67. The third-order valence-corrected chi connectivity index (χ3v) is 3.84. The van der Waals surface area contributed by atoms with Crippen LogP contribution in [-0.4, -0.2) is 35.4 Å². The van der Waals surface area contributed by atoms with Crippen molar-refractivity contribution in [1.82, 2.24) is 5.32 Å². The van der Waals surface area contributed by atoms with E-state index in [2.05, 4.69) is 10.6 Å². The summed E-state index contributed by atoms with van der Waals surface area (Å²) >= 11 is 5.68. The second-order valence-corrected chi connectivity index (χ2v) is 6.00. The van der Waals surface area contributed by atoms with Gasteiger partial charge in [0.2, 0.25) is 0 Å². The molecule has 10 heteroatoms. The van der Waals surface area contributed by atoms with Gasteiger partial charge >= 0.3 is 5.97 Å². The zero-order valence-corrected chi connectivity index (χ0v) is 15.4. The van der Waals surface area contributed by atoms with Gasteiger partial charge in [-0.25, -0.2) is 0 Å². The molecule has 0 saturated heterocycles. The molecule has 2 aromatic carbocycles. The first-order valence-corrected chi connectivity index (χ1v) is 8.43. The maximum atomic E-state index is 12.0. The van der Waals surface area contributed by atoms with Crippen molar-refractivity contribution in [3.05, 3.63) is 69.2 Å². The minimum absolute atomic E-state index is 0.0428. The number of nitro groups is 1. The van der Waals surface area contributed by atoms with Crippen molar-refractivity contribution < 1.29 is 24.0 Å². The van der Waals surface area contributed by atoms with Crippen molar-refractivity contribution in [2.24, 2.45) is 0 Å². The fourth-order valence-electron chi connectivity index (χ4n) is 2.11. The molecule has 0 aliphatic heterocycles. The summed E-state index contributed by atoms with van der Waals surface area (Å²) < 4.78 is 4.96. The van der Waals surface area contributed by atoms with E-state index in [1.54, 1.807) is 30.3 Å². The van der Waals surface area contributed by atoms with Gasteiger partial charge in [-0.15, -0.1) is 0 Å². The van der Waals surface area contributed by atoms with Crippen LogP contribution in [0.5, 0.6) is 0 Å². The normalized spacial score (nSPS) is 11.2. The molecule has 0 aliphatic carbocycles. The molecule has 1 atom stereocenters. The van der Waals surface area contributed by atoms with Crippen LogP contribution < -0.4 is 10.6 Å². The number of benzene rings is 2. The van der Waals surface area contributed by atoms with Crippen molar-refractivity contribution in [2.75, 3.05) is 11.9 Å². The van der Waals surface area contributed by atoms with E-state index >= 15 is 0 Å². The van der Waals surface area contributed by atoms with Gasteiger partial charge in [-0.3, -0.25) is 24.5 Å². The highest BCUT2D eigenvalue weighted by Crippen LogP contribution is 2.24. The highest BCUT2D eigenvalue weighted by atomic mass is 35.5. The number of carbonyl (C=O) groups is 3. The second-order valence-electron chi connectivity index (χ2n) is 5.59. The highest BCUT2D eigenvalue weighted by molar-refractivity contribution is 6.32. The largest absolute Gasteiger partial charge is 0.451 e. The number of nitrogens with zero attached hydrogens (tertiary/aromatic N) is 1. The second kappa shape index (κ2) is 9.47. The van der Waals surface area contributed by atoms with Crippen LogP contribution in [-0.2, 0) is 14.3 Å². The van der Waals surface area contributed by atoms with E-state index in [1.165, 1.54) is 19.1 Å². The number of esters is 1. The summed E-state index contributed by atoms with van der Waals surface area (Å²) in [7, 11) is 0. The van der Waals surface area contributed by atoms with Crippen molar-refractivity contribution in [3.8, 4) is 0 Å². The topological polar surface area (TPSA) is 128 Å². The van der Waals surface area contributed by atoms with E-state index in [4.69, 9.17) is 16.3 Å². The molecule has 0 bridgehead atoms. The minimum atomic E-state index is -1.08. The zero-order valence-electron chi connectivity index (χ0n) is 14.7. The van der Waals surface area contributed by atoms with Crippen LogP contribution in [0.15, 0.2) is 48.5 Å². The molecule has 0 aromatic heterocycles.